The van der Waals surface area contributed by atoms with E-state index < -0.39 is 0 Å². The number of esters is 1. The van der Waals surface area contributed by atoms with Crippen LogP contribution in [-0.2, 0) is 23.8 Å². The zero-order chi connectivity index (χ0) is 17.5. The Kier molecular flexibility index (Phi) is 6.63. The lowest BCUT2D eigenvalue weighted by molar-refractivity contribution is -0.382. The number of ether oxygens (including phenoxy) is 3. The van der Waals surface area contributed by atoms with E-state index in [9.17, 15) is 14.4 Å². The molecule has 1 saturated heterocycles. The predicted octanol–water partition coefficient (Wildman–Crippen LogP) is 2.95. The molecular formula is C18H22O6. The molecular weight excluding hydrogens is 312 g/mol. The number of ketones is 2. The van der Waals surface area contributed by atoms with E-state index in [1.54, 1.807) is 31.2 Å². The molecule has 0 aromatic heterocycles. The molecule has 0 N–H and O–H groups in total. The van der Waals surface area contributed by atoms with Crippen LogP contribution in [0.15, 0.2) is 24.3 Å². The fraction of sp³-hybridized carbons (Fsp3) is 0.500. The summed E-state index contributed by atoms with van der Waals surface area (Å²) < 4.78 is 15.5. The van der Waals surface area contributed by atoms with E-state index >= 15 is 0 Å². The molecule has 0 atom stereocenters. The summed E-state index contributed by atoms with van der Waals surface area (Å²) in [5, 5.41) is 0. The largest absolute Gasteiger partial charge is 0.466 e. The summed E-state index contributed by atoms with van der Waals surface area (Å²) in [5.41, 5.74) is 1.40. The lowest BCUT2D eigenvalue weighted by Crippen LogP contribution is -2.31. The highest BCUT2D eigenvalue weighted by Crippen LogP contribution is 2.31. The molecule has 0 saturated carbocycles. The Morgan fingerprint density at radius 1 is 1.00 bits per heavy atom. The van der Waals surface area contributed by atoms with Crippen molar-refractivity contribution in [2.75, 3.05) is 6.61 Å². The van der Waals surface area contributed by atoms with Gasteiger partial charge in [-0.15, -0.1) is 0 Å². The number of hydrogen-bond donors (Lipinski definition) is 0. The molecule has 0 bridgehead atoms. The van der Waals surface area contributed by atoms with E-state index in [0.717, 1.165) is 5.56 Å². The maximum absolute atomic E-state index is 12.1. The molecule has 1 heterocycles. The first-order valence-corrected chi connectivity index (χ1v) is 8.11. The molecule has 0 amide bonds. The summed E-state index contributed by atoms with van der Waals surface area (Å²) in [6.45, 7) is 3.83. The Morgan fingerprint density at radius 3 is 2.21 bits per heavy atom. The zero-order valence-electron chi connectivity index (χ0n) is 13.9. The third-order valence-electron chi connectivity index (χ3n) is 3.68. The molecule has 0 radical (unpaired) electrons. The fourth-order valence-electron chi connectivity index (χ4n) is 2.34. The summed E-state index contributed by atoms with van der Waals surface area (Å²) in [5.74, 6) is -0.601. The molecule has 1 fully saturated rings. The lowest BCUT2D eigenvalue weighted by atomic mass is 10.0. The highest BCUT2D eigenvalue weighted by atomic mass is 16.9. The molecule has 0 unspecified atom stereocenters. The van der Waals surface area contributed by atoms with Gasteiger partial charge < -0.3 is 14.2 Å². The van der Waals surface area contributed by atoms with Crippen molar-refractivity contribution in [1.29, 1.82) is 0 Å². The lowest BCUT2D eigenvalue weighted by Gasteiger charge is -2.33. The highest BCUT2D eigenvalue weighted by Gasteiger charge is 2.28. The first kappa shape index (κ1) is 18.3. The third-order valence-corrected chi connectivity index (χ3v) is 3.68. The van der Waals surface area contributed by atoms with E-state index in [2.05, 4.69) is 0 Å². The molecule has 1 aliphatic heterocycles. The normalized spacial score (nSPS) is 19.4. The second-order valence-corrected chi connectivity index (χ2v) is 5.56. The van der Waals surface area contributed by atoms with E-state index in [0.29, 0.717) is 12.2 Å². The van der Waals surface area contributed by atoms with Crippen molar-refractivity contribution < 1.29 is 28.6 Å². The van der Waals surface area contributed by atoms with Gasteiger partial charge in [-0.1, -0.05) is 24.3 Å². The smallest absolute Gasteiger partial charge is 0.306 e. The Morgan fingerprint density at radius 2 is 1.62 bits per heavy atom. The summed E-state index contributed by atoms with van der Waals surface area (Å²) in [4.78, 5) is 35.0. The monoisotopic (exact) mass is 334 g/mol. The van der Waals surface area contributed by atoms with Crippen molar-refractivity contribution >= 4 is 17.5 Å². The van der Waals surface area contributed by atoms with Crippen LogP contribution in [0.5, 0.6) is 0 Å². The molecule has 1 aliphatic rings. The minimum Gasteiger partial charge on any atom is -0.466 e. The van der Waals surface area contributed by atoms with Gasteiger partial charge in [0.2, 0.25) is 0 Å². The Balaban J connectivity index is 1.74. The number of hydrogen-bond acceptors (Lipinski definition) is 6. The molecule has 0 aliphatic carbocycles. The summed E-state index contributed by atoms with van der Waals surface area (Å²) >= 11 is 0. The van der Waals surface area contributed by atoms with Gasteiger partial charge in [0, 0.05) is 30.4 Å². The van der Waals surface area contributed by atoms with Crippen molar-refractivity contribution in [3.8, 4) is 0 Å². The van der Waals surface area contributed by atoms with Crippen molar-refractivity contribution in [1.82, 2.24) is 0 Å². The van der Waals surface area contributed by atoms with Crippen molar-refractivity contribution in [3.63, 3.8) is 0 Å². The van der Waals surface area contributed by atoms with Crippen molar-refractivity contribution in [2.24, 2.45) is 0 Å². The number of benzene rings is 1. The number of carbonyl (C=O) groups excluding carboxylic acids is 3. The van der Waals surface area contributed by atoms with Crippen molar-refractivity contribution in [3.05, 3.63) is 35.4 Å². The average molecular weight is 334 g/mol. The van der Waals surface area contributed by atoms with Gasteiger partial charge in [0.15, 0.2) is 18.4 Å². The molecule has 0 spiro atoms. The first-order chi connectivity index (χ1) is 11.5. The van der Waals surface area contributed by atoms with Gasteiger partial charge in [0.25, 0.3) is 0 Å². The van der Waals surface area contributed by atoms with Crippen LogP contribution >= 0.6 is 0 Å². The Bertz CT molecular complexity index is 586. The van der Waals surface area contributed by atoms with Crippen LogP contribution in [-0.4, -0.2) is 30.4 Å². The van der Waals surface area contributed by atoms with Gasteiger partial charge in [-0.2, -0.15) is 0 Å². The fourth-order valence-corrected chi connectivity index (χ4v) is 2.34. The van der Waals surface area contributed by atoms with Gasteiger partial charge >= 0.3 is 5.97 Å². The topological polar surface area (TPSA) is 78.9 Å². The van der Waals surface area contributed by atoms with E-state index in [1.165, 1.54) is 0 Å². The van der Waals surface area contributed by atoms with Crippen LogP contribution in [0.4, 0.5) is 0 Å². The van der Waals surface area contributed by atoms with Crippen LogP contribution in [0.25, 0.3) is 0 Å². The van der Waals surface area contributed by atoms with Gasteiger partial charge in [0.1, 0.15) is 5.78 Å². The van der Waals surface area contributed by atoms with Gasteiger partial charge in [-0.25, -0.2) is 0 Å². The average Bonchev–Trinajstić information content (AvgIpc) is 2.55. The number of carbonyl (C=O) groups is 3. The molecule has 1 aromatic carbocycles. The summed E-state index contributed by atoms with van der Waals surface area (Å²) in [6, 6.07) is 6.98. The Labute approximate surface area is 141 Å². The molecule has 6 nitrogen and oxygen atoms in total. The second-order valence-electron chi connectivity index (χ2n) is 5.56. The number of Topliss-reactive ketones (excluding diaryl/α,β-unsaturated/α-hetero) is 2. The predicted molar refractivity (Wildman–Crippen MR) is 85.3 cm³/mol. The second kappa shape index (κ2) is 8.70. The van der Waals surface area contributed by atoms with E-state index in [1.807, 2.05) is 6.92 Å². The maximum Gasteiger partial charge on any atom is 0.306 e. The van der Waals surface area contributed by atoms with Crippen LogP contribution in [0.1, 0.15) is 61.7 Å². The molecule has 130 valence electrons. The molecule has 2 rings (SSSR count). The third kappa shape index (κ3) is 5.25. The molecule has 6 heteroatoms. The number of rotatable bonds is 9. The van der Waals surface area contributed by atoms with Gasteiger partial charge in [-0.3, -0.25) is 14.4 Å². The van der Waals surface area contributed by atoms with Crippen LogP contribution in [0.2, 0.25) is 0 Å². The van der Waals surface area contributed by atoms with E-state index in [4.69, 9.17) is 14.2 Å². The van der Waals surface area contributed by atoms with Crippen LogP contribution in [0, 0.1) is 0 Å². The van der Waals surface area contributed by atoms with E-state index in [-0.39, 0.29) is 55.8 Å². The van der Waals surface area contributed by atoms with Crippen molar-refractivity contribution in [2.45, 2.75) is 52.1 Å². The first-order valence-electron chi connectivity index (χ1n) is 8.11. The standard InChI is InChI=1S/C18H22O6/c1-3-22-17(21)11-9-15(19)8-10-16(20)13-4-6-14(7-5-13)18-23-12(2)24-18/h4-7,12,18H,3,8-11H2,1-2H3. The zero-order valence-corrected chi connectivity index (χ0v) is 13.9. The van der Waals surface area contributed by atoms with Gasteiger partial charge in [-0.05, 0) is 13.8 Å². The molecule has 1 aromatic rings. The van der Waals surface area contributed by atoms with Crippen LogP contribution in [0.3, 0.4) is 0 Å². The minimum atomic E-state index is -0.387. The quantitative estimate of drug-likeness (QED) is 0.510. The summed E-state index contributed by atoms with van der Waals surface area (Å²) in [6.07, 6.45) is -0.124. The molecule has 24 heavy (non-hydrogen) atoms. The van der Waals surface area contributed by atoms with Gasteiger partial charge in [0.05, 0.1) is 13.0 Å². The minimum absolute atomic E-state index is 0.0649. The maximum atomic E-state index is 12.1. The Hall–Kier alpha value is -2.05. The van der Waals surface area contributed by atoms with Crippen LogP contribution < -0.4 is 0 Å². The highest BCUT2D eigenvalue weighted by molar-refractivity contribution is 5.98. The summed E-state index contributed by atoms with van der Waals surface area (Å²) in [7, 11) is 0. The SMILES string of the molecule is CCOC(=O)CCC(=O)CCC(=O)c1ccc(C2OC(C)O2)cc1.